The molecule has 0 unspecified atom stereocenters. The SMILES string of the molecule is CN(C(=O)OCc1ccccc1)[C@@H](CN1CCCC1)c1ccc(-c2ccccc2)cc1. The standard InChI is InChI=1S/C27H30N2O2/c1-28(27(30)31-21-22-10-4-2-5-11-22)26(20-29-18-8-9-19-29)25-16-14-24(15-17-25)23-12-6-3-7-13-23/h2-7,10-17,26H,8-9,18-21H2,1H3/t26-/m0/s1. The van der Waals surface area contributed by atoms with Crippen molar-refractivity contribution in [2.45, 2.75) is 25.5 Å². The third-order valence-corrected chi connectivity index (χ3v) is 5.99. The van der Waals surface area contributed by atoms with Gasteiger partial charge in [0.05, 0.1) is 6.04 Å². The first-order valence-corrected chi connectivity index (χ1v) is 11.0. The van der Waals surface area contributed by atoms with Gasteiger partial charge in [-0.3, -0.25) is 0 Å². The van der Waals surface area contributed by atoms with E-state index in [1.807, 2.05) is 43.4 Å². The van der Waals surface area contributed by atoms with Crippen LogP contribution in [0.4, 0.5) is 4.79 Å². The van der Waals surface area contributed by atoms with Crippen molar-refractivity contribution in [2.75, 3.05) is 26.7 Å². The monoisotopic (exact) mass is 414 g/mol. The van der Waals surface area contributed by atoms with E-state index in [4.69, 9.17) is 4.74 Å². The molecule has 160 valence electrons. The summed E-state index contributed by atoms with van der Waals surface area (Å²) < 4.78 is 5.62. The second-order valence-corrected chi connectivity index (χ2v) is 8.16. The van der Waals surface area contributed by atoms with Crippen molar-refractivity contribution < 1.29 is 9.53 Å². The summed E-state index contributed by atoms with van der Waals surface area (Å²) in [4.78, 5) is 17.1. The molecule has 4 heteroatoms. The molecule has 1 aliphatic heterocycles. The molecule has 1 amide bonds. The highest BCUT2D eigenvalue weighted by Gasteiger charge is 2.26. The van der Waals surface area contributed by atoms with E-state index in [0.717, 1.165) is 30.8 Å². The smallest absolute Gasteiger partial charge is 0.410 e. The molecule has 0 radical (unpaired) electrons. The number of hydrogen-bond acceptors (Lipinski definition) is 3. The topological polar surface area (TPSA) is 32.8 Å². The Hall–Kier alpha value is -3.11. The Morgan fingerprint density at radius 2 is 1.45 bits per heavy atom. The van der Waals surface area contributed by atoms with E-state index < -0.39 is 0 Å². The van der Waals surface area contributed by atoms with Crippen molar-refractivity contribution in [3.05, 3.63) is 96.1 Å². The fourth-order valence-corrected chi connectivity index (χ4v) is 4.14. The Balaban J connectivity index is 1.49. The number of carbonyl (C=O) groups excluding carboxylic acids is 1. The molecule has 31 heavy (non-hydrogen) atoms. The number of ether oxygens (including phenoxy) is 1. The lowest BCUT2D eigenvalue weighted by Crippen LogP contribution is -2.38. The molecule has 1 fully saturated rings. The molecule has 0 aliphatic carbocycles. The molecule has 1 aliphatic rings. The van der Waals surface area contributed by atoms with E-state index in [9.17, 15) is 4.79 Å². The van der Waals surface area contributed by atoms with E-state index in [2.05, 4.69) is 53.4 Å². The number of amides is 1. The van der Waals surface area contributed by atoms with Gasteiger partial charge in [-0.05, 0) is 48.2 Å². The van der Waals surface area contributed by atoms with Gasteiger partial charge in [0.1, 0.15) is 6.61 Å². The minimum Gasteiger partial charge on any atom is -0.445 e. The fourth-order valence-electron chi connectivity index (χ4n) is 4.14. The minimum absolute atomic E-state index is 0.0498. The van der Waals surface area contributed by atoms with E-state index in [-0.39, 0.29) is 18.7 Å². The van der Waals surface area contributed by atoms with Crippen LogP contribution >= 0.6 is 0 Å². The summed E-state index contributed by atoms with van der Waals surface area (Å²) in [6.07, 6.45) is 2.16. The predicted octanol–water partition coefficient (Wildman–Crippen LogP) is 5.76. The fraction of sp³-hybridized carbons (Fsp3) is 0.296. The number of rotatable bonds is 7. The van der Waals surface area contributed by atoms with Gasteiger partial charge in [-0.2, -0.15) is 0 Å². The number of likely N-dealkylation sites (tertiary alicyclic amines) is 1. The Morgan fingerprint density at radius 3 is 2.10 bits per heavy atom. The Morgan fingerprint density at radius 1 is 0.871 bits per heavy atom. The van der Waals surface area contributed by atoms with Gasteiger partial charge in [-0.1, -0.05) is 84.9 Å². The van der Waals surface area contributed by atoms with Crippen LogP contribution in [-0.4, -0.2) is 42.6 Å². The number of nitrogens with zero attached hydrogens (tertiary/aromatic N) is 2. The zero-order valence-corrected chi connectivity index (χ0v) is 18.1. The van der Waals surface area contributed by atoms with Gasteiger partial charge in [-0.15, -0.1) is 0 Å². The van der Waals surface area contributed by atoms with E-state index in [1.165, 1.54) is 24.0 Å². The third-order valence-electron chi connectivity index (χ3n) is 5.99. The van der Waals surface area contributed by atoms with Crippen LogP contribution < -0.4 is 0 Å². The summed E-state index contributed by atoms with van der Waals surface area (Å²) in [7, 11) is 1.85. The van der Waals surface area contributed by atoms with Crippen molar-refractivity contribution in [3.8, 4) is 11.1 Å². The van der Waals surface area contributed by atoms with Crippen molar-refractivity contribution >= 4 is 6.09 Å². The summed E-state index contributed by atoms with van der Waals surface area (Å²) in [5, 5.41) is 0. The largest absolute Gasteiger partial charge is 0.445 e. The molecule has 4 nitrogen and oxygen atoms in total. The normalized spacial score (nSPS) is 14.9. The molecule has 0 spiro atoms. The van der Waals surface area contributed by atoms with Gasteiger partial charge in [0, 0.05) is 13.6 Å². The van der Waals surface area contributed by atoms with Crippen LogP contribution in [0.1, 0.15) is 30.0 Å². The van der Waals surface area contributed by atoms with Gasteiger partial charge in [0.25, 0.3) is 0 Å². The lowest BCUT2D eigenvalue weighted by Gasteiger charge is -2.31. The van der Waals surface area contributed by atoms with Crippen molar-refractivity contribution in [1.82, 2.24) is 9.80 Å². The highest BCUT2D eigenvalue weighted by Crippen LogP contribution is 2.27. The zero-order valence-electron chi connectivity index (χ0n) is 18.1. The van der Waals surface area contributed by atoms with Gasteiger partial charge in [0.15, 0.2) is 0 Å². The van der Waals surface area contributed by atoms with Crippen LogP contribution in [-0.2, 0) is 11.3 Å². The average Bonchev–Trinajstić information content (AvgIpc) is 3.35. The molecular formula is C27H30N2O2. The van der Waals surface area contributed by atoms with Crippen LogP contribution in [0.5, 0.6) is 0 Å². The maximum absolute atomic E-state index is 12.9. The molecule has 3 aromatic carbocycles. The lowest BCUT2D eigenvalue weighted by atomic mass is 10.00. The summed E-state index contributed by atoms with van der Waals surface area (Å²) in [6.45, 7) is 3.28. The summed E-state index contributed by atoms with van der Waals surface area (Å²) >= 11 is 0. The van der Waals surface area contributed by atoms with Gasteiger partial charge < -0.3 is 14.5 Å². The van der Waals surface area contributed by atoms with Crippen molar-refractivity contribution in [3.63, 3.8) is 0 Å². The Kier molecular flexibility index (Phi) is 7.00. The van der Waals surface area contributed by atoms with Crippen LogP contribution in [0.3, 0.4) is 0 Å². The Labute approximate surface area is 185 Å². The predicted molar refractivity (Wildman–Crippen MR) is 125 cm³/mol. The van der Waals surface area contributed by atoms with Crippen molar-refractivity contribution in [2.24, 2.45) is 0 Å². The molecule has 0 aromatic heterocycles. The first-order valence-electron chi connectivity index (χ1n) is 11.0. The van der Waals surface area contributed by atoms with E-state index >= 15 is 0 Å². The first-order chi connectivity index (χ1) is 15.2. The number of carbonyl (C=O) groups is 1. The summed E-state index contributed by atoms with van der Waals surface area (Å²) in [5.41, 5.74) is 4.50. The van der Waals surface area contributed by atoms with Crippen LogP contribution in [0.25, 0.3) is 11.1 Å². The van der Waals surface area contributed by atoms with Gasteiger partial charge >= 0.3 is 6.09 Å². The number of likely N-dealkylation sites (N-methyl/N-ethyl adjacent to an activating group) is 1. The maximum Gasteiger partial charge on any atom is 0.410 e. The quantitative estimate of drug-likeness (QED) is 0.493. The van der Waals surface area contributed by atoms with Crippen LogP contribution in [0.2, 0.25) is 0 Å². The van der Waals surface area contributed by atoms with Crippen molar-refractivity contribution in [1.29, 1.82) is 0 Å². The summed E-state index contributed by atoms with van der Waals surface area (Å²) in [6, 6.07) is 28.7. The molecule has 1 saturated heterocycles. The van der Waals surface area contributed by atoms with Gasteiger partial charge in [0.2, 0.25) is 0 Å². The third kappa shape index (κ3) is 5.53. The van der Waals surface area contributed by atoms with E-state index in [1.54, 1.807) is 4.90 Å². The summed E-state index contributed by atoms with van der Waals surface area (Å²) in [5.74, 6) is 0. The number of hydrogen-bond donors (Lipinski definition) is 0. The average molecular weight is 415 g/mol. The molecule has 4 rings (SSSR count). The minimum atomic E-state index is -0.291. The number of benzene rings is 3. The highest BCUT2D eigenvalue weighted by atomic mass is 16.6. The molecule has 3 aromatic rings. The first kappa shape index (κ1) is 21.1. The molecule has 1 heterocycles. The van der Waals surface area contributed by atoms with E-state index in [0.29, 0.717) is 0 Å². The highest BCUT2D eigenvalue weighted by molar-refractivity contribution is 5.68. The maximum atomic E-state index is 12.9. The zero-order chi connectivity index (χ0) is 21.5. The second kappa shape index (κ2) is 10.3. The second-order valence-electron chi connectivity index (χ2n) is 8.16. The Bertz CT molecular complexity index is 952. The molecule has 0 bridgehead atoms. The van der Waals surface area contributed by atoms with Gasteiger partial charge in [-0.25, -0.2) is 4.79 Å². The molecule has 0 saturated carbocycles. The lowest BCUT2D eigenvalue weighted by molar-refractivity contribution is 0.0834. The molecular weight excluding hydrogens is 384 g/mol. The van der Waals surface area contributed by atoms with Crippen LogP contribution in [0.15, 0.2) is 84.9 Å². The van der Waals surface area contributed by atoms with Crippen LogP contribution in [0, 0.1) is 0 Å². The molecule has 0 N–H and O–H groups in total. The molecule has 1 atom stereocenters.